The predicted molar refractivity (Wildman–Crippen MR) is 63.7 cm³/mol. The van der Waals surface area contributed by atoms with Crippen LogP contribution in [-0.2, 0) is 16.0 Å². The Hall–Kier alpha value is -1.59. The van der Waals surface area contributed by atoms with Gasteiger partial charge in [-0.15, -0.1) is 0 Å². The molecule has 6 heteroatoms. The van der Waals surface area contributed by atoms with E-state index >= 15 is 0 Å². The van der Waals surface area contributed by atoms with E-state index in [4.69, 9.17) is 22.2 Å². The monoisotopic (exact) mass is 256 g/mol. The lowest BCUT2D eigenvalue weighted by atomic mass is 10.0. The molecule has 0 bridgehead atoms. The SMILES string of the molecule is COC(=O)Cc1cc(C)c(C(=N)NO)cc1Cl. The molecule has 0 radical (unpaired) electrons. The molecular weight excluding hydrogens is 244 g/mol. The third-order valence-corrected chi connectivity index (χ3v) is 2.69. The van der Waals surface area contributed by atoms with E-state index in [-0.39, 0.29) is 18.2 Å². The first-order valence-corrected chi connectivity index (χ1v) is 5.22. The van der Waals surface area contributed by atoms with Gasteiger partial charge in [0.05, 0.1) is 13.5 Å². The van der Waals surface area contributed by atoms with Crippen LogP contribution >= 0.6 is 11.6 Å². The van der Waals surface area contributed by atoms with Crippen molar-refractivity contribution in [3.63, 3.8) is 0 Å². The fourth-order valence-electron chi connectivity index (χ4n) is 1.43. The molecule has 0 amide bonds. The van der Waals surface area contributed by atoms with Crippen LogP contribution in [0.2, 0.25) is 5.02 Å². The van der Waals surface area contributed by atoms with Crippen LogP contribution in [0.4, 0.5) is 0 Å². The molecule has 0 aliphatic carbocycles. The number of amidine groups is 1. The topological polar surface area (TPSA) is 82.4 Å². The van der Waals surface area contributed by atoms with Gasteiger partial charge in [0.2, 0.25) is 0 Å². The number of esters is 1. The van der Waals surface area contributed by atoms with Gasteiger partial charge >= 0.3 is 5.97 Å². The molecule has 92 valence electrons. The summed E-state index contributed by atoms with van der Waals surface area (Å²) in [5, 5.41) is 16.5. The number of carbonyl (C=O) groups is 1. The molecule has 0 aromatic heterocycles. The van der Waals surface area contributed by atoms with E-state index in [0.717, 1.165) is 5.56 Å². The highest BCUT2D eigenvalue weighted by Crippen LogP contribution is 2.22. The van der Waals surface area contributed by atoms with Gasteiger partial charge in [0.15, 0.2) is 0 Å². The molecule has 17 heavy (non-hydrogen) atoms. The molecule has 0 aliphatic heterocycles. The summed E-state index contributed by atoms with van der Waals surface area (Å²) in [6.07, 6.45) is 0.0797. The van der Waals surface area contributed by atoms with Crippen molar-refractivity contribution in [1.82, 2.24) is 5.48 Å². The average Bonchev–Trinajstić information content (AvgIpc) is 2.32. The number of rotatable bonds is 3. The summed E-state index contributed by atoms with van der Waals surface area (Å²) in [4.78, 5) is 11.1. The van der Waals surface area contributed by atoms with E-state index in [1.54, 1.807) is 18.5 Å². The second kappa shape index (κ2) is 5.65. The maximum absolute atomic E-state index is 11.1. The number of methoxy groups -OCH3 is 1. The molecule has 0 saturated heterocycles. The Balaban J connectivity index is 3.09. The van der Waals surface area contributed by atoms with E-state index in [9.17, 15) is 4.79 Å². The fourth-order valence-corrected chi connectivity index (χ4v) is 1.66. The molecular formula is C11H13ClN2O3. The molecule has 1 rings (SSSR count). The zero-order valence-corrected chi connectivity index (χ0v) is 10.3. The predicted octanol–water partition coefficient (Wildman–Crippen LogP) is 1.67. The molecule has 1 aromatic rings. The van der Waals surface area contributed by atoms with Gasteiger partial charge in [-0.05, 0) is 24.1 Å². The largest absolute Gasteiger partial charge is 0.469 e. The number of hydroxylamine groups is 1. The Morgan fingerprint density at radius 3 is 2.76 bits per heavy atom. The number of hydrogen-bond donors (Lipinski definition) is 3. The van der Waals surface area contributed by atoms with Gasteiger partial charge in [0.25, 0.3) is 0 Å². The van der Waals surface area contributed by atoms with Gasteiger partial charge in [0, 0.05) is 10.6 Å². The van der Waals surface area contributed by atoms with E-state index in [2.05, 4.69) is 4.74 Å². The van der Waals surface area contributed by atoms with Crippen LogP contribution in [0, 0.1) is 12.3 Å². The fraction of sp³-hybridized carbons (Fsp3) is 0.273. The number of benzene rings is 1. The van der Waals surface area contributed by atoms with Crippen molar-refractivity contribution in [1.29, 1.82) is 5.41 Å². The van der Waals surface area contributed by atoms with E-state index < -0.39 is 0 Å². The van der Waals surface area contributed by atoms with E-state index in [0.29, 0.717) is 16.1 Å². The smallest absolute Gasteiger partial charge is 0.310 e. The van der Waals surface area contributed by atoms with E-state index in [1.165, 1.54) is 13.2 Å². The van der Waals surface area contributed by atoms with Gasteiger partial charge in [0.1, 0.15) is 5.84 Å². The number of ether oxygens (including phenoxy) is 1. The Labute approximate surface area is 104 Å². The minimum atomic E-state index is -0.380. The number of carbonyl (C=O) groups excluding carboxylic acids is 1. The summed E-state index contributed by atoms with van der Waals surface area (Å²) in [6.45, 7) is 1.76. The van der Waals surface area contributed by atoms with Crippen molar-refractivity contribution in [2.45, 2.75) is 13.3 Å². The Kier molecular flexibility index (Phi) is 4.48. The van der Waals surface area contributed by atoms with Crippen molar-refractivity contribution in [3.8, 4) is 0 Å². The molecule has 0 unspecified atom stereocenters. The van der Waals surface area contributed by atoms with Gasteiger partial charge in [-0.3, -0.25) is 20.9 Å². The number of halogens is 1. The molecule has 3 N–H and O–H groups in total. The number of aryl methyl sites for hydroxylation is 1. The van der Waals surface area contributed by atoms with Gasteiger partial charge < -0.3 is 4.74 Å². The van der Waals surface area contributed by atoms with Crippen LogP contribution in [0.1, 0.15) is 16.7 Å². The molecule has 5 nitrogen and oxygen atoms in total. The Morgan fingerprint density at radius 2 is 2.24 bits per heavy atom. The average molecular weight is 257 g/mol. The van der Waals surface area contributed by atoms with E-state index in [1.807, 2.05) is 0 Å². The van der Waals surface area contributed by atoms with Gasteiger partial charge in [-0.25, -0.2) is 0 Å². The normalized spacial score (nSPS) is 9.88. The minimum Gasteiger partial charge on any atom is -0.469 e. The zero-order chi connectivity index (χ0) is 13.0. The van der Waals surface area contributed by atoms with Crippen LogP contribution in [0.15, 0.2) is 12.1 Å². The standard InChI is InChI=1S/C11H13ClN2O3/c1-6-3-7(4-10(15)17-2)9(12)5-8(6)11(13)14-16/h3,5,16H,4H2,1-2H3,(H2,13,14). The Bertz CT molecular complexity index is 460. The van der Waals surface area contributed by atoms with Crippen LogP contribution in [0.25, 0.3) is 0 Å². The van der Waals surface area contributed by atoms with Crippen LogP contribution < -0.4 is 5.48 Å². The second-order valence-corrected chi connectivity index (χ2v) is 3.91. The third-order valence-electron chi connectivity index (χ3n) is 2.34. The maximum Gasteiger partial charge on any atom is 0.310 e. The number of nitrogens with one attached hydrogen (secondary N) is 2. The highest BCUT2D eigenvalue weighted by atomic mass is 35.5. The lowest BCUT2D eigenvalue weighted by Crippen LogP contribution is -2.20. The molecule has 0 fully saturated rings. The third kappa shape index (κ3) is 3.18. The molecule has 1 aromatic carbocycles. The summed E-state index contributed by atoms with van der Waals surface area (Å²) in [5.74, 6) is -0.525. The summed E-state index contributed by atoms with van der Waals surface area (Å²) in [6, 6.07) is 3.22. The molecule has 0 atom stereocenters. The second-order valence-electron chi connectivity index (χ2n) is 3.50. The summed E-state index contributed by atoms with van der Waals surface area (Å²) in [5.41, 5.74) is 3.60. The quantitative estimate of drug-likeness (QED) is 0.333. The van der Waals surface area contributed by atoms with Gasteiger partial charge in [-0.2, -0.15) is 0 Å². The van der Waals surface area contributed by atoms with Gasteiger partial charge in [-0.1, -0.05) is 17.7 Å². The Morgan fingerprint density at radius 1 is 1.59 bits per heavy atom. The summed E-state index contributed by atoms with van der Waals surface area (Å²) in [7, 11) is 1.31. The van der Waals surface area contributed by atoms with Crippen molar-refractivity contribution in [3.05, 3.63) is 33.8 Å². The lowest BCUT2D eigenvalue weighted by molar-refractivity contribution is -0.139. The summed E-state index contributed by atoms with van der Waals surface area (Å²) >= 11 is 5.99. The number of hydrogen-bond acceptors (Lipinski definition) is 4. The highest BCUT2D eigenvalue weighted by molar-refractivity contribution is 6.32. The highest BCUT2D eigenvalue weighted by Gasteiger charge is 2.12. The van der Waals surface area contributed by atoms with Crippen molar-refractivity contribution in [2.75, 3.05) is 7.11 Å². The van der Waals surface area contributed by atoms with Crippen molar-refractivity contribution >= 4 is 23.4 Å². The summed E-state index contributed by atoms with van der Waals surface area (Å²) < 4.78 is 4.56. The molecule has 0 spiro atoms. The maximum atomic E-state index is 11.1. The first-order chi connectivity index (χ1) is 7.99. The first-order valence-electron chi connectivity index (χ1n) is 4.84. The van der Waals surface area contributed by atoms with Crippen LogP contribution in [-0.4, -0.2) is 24.1 Å². The first kappa shape index (κ1) is 13.5. The molecule has 0 heterocycles. The van der Waals surface area contributed by atoms with Crippen molar-refractivity contribution in [2.24, 2.45) is 0 Å². The zero-order valence-electron chi connectivity index (χ0n) is 9.50. The lowest BCUT2D eigenvalue weighted by Gasteiger charge is -2.10. The molecule has 0 saturated carbocycles. The van der Waals surface area contributed by atoms with Crippen LogP contribution in [0.5, 0.6) is 0 Å². The van der Waals surface area contributed by atoms with Crippen LogP contribution in [0.3, 0.4) is 0 Å². The van der Waals surface area contributed by atoms with Crippen molar-refractivity contribution < 1.29 is 14.7 Å². The minimum absolute atomic E-state index is 0.0797. The molecule has 0 aliphatic rings.